The Balaban J connectivity index is 1.67. The Morgan fingerprint density at radius 2 is 2.00 bits per heavy atom. The van der Waals surface area contributed by atoms with Crippen molar-refractivity contribution in [3.8, 4) is 17.1 Å². The molecule has 0 aliphatic heterocycles. The van der Waals surface area contributed by atoms with Crippen LogP contribution in [-0.2, 0) is 17.9 Å². The van der Waals surface area contributed by atoms with E-state index in [-0.39, 0.29) is 24.7 Å². The molecule has 1 heterocycles. The quantitative estimate of drug-likeness (QED) is 0.640. The predicted octanol–water partition coefficient (Wildman–Crippen LogP) is 2.54. The van der Waals surface area contributed by atoms with Crippen LogP contribution in [0.5, 0.6) is 5.75 Å². The zero-order chi connectivity index (χ0) is 19.2. The normalized spacial score (nSPS) is 10.6. The van der Waals surface area contributed by atoms with Gasteiger partial charge in [0, 0.05) is 18.7 Å². The Morgan fingerprint density at radius 3 is 2.67 bits per heavy atom. The largest absolute Gasteiger partial charge is 0.494 e. The van der Waals surface area contributed by atoms with E-state index in [0.717, 1.165) is 5.56 Å². The molecule has 0 N–H and O–H groups in total. The maximum absolute atomic E-state index is 13.9. The topological polar surface area (TPSA) is 73.1 Å². The fraction of sp³-hybridized carbons (Fsp3) is 0.263. The van der Waals surface area contributed by atoms with Gasteiger partial charge in [0.05, 0.1) is 7.11 Å². The van der Waals surface area contributed by atoms with Gasteiger partial charge in [-0.05, 0) is 29.8 Å². The number of tetrazole rings is 1. The van der Waals surface area contributed by atoms with Crippen LogP contribution < -0.4 is 4.74 Å². The average molecular weight is 369 g/mol. The minimum Gasteiger partial charge on any atom is -0.494 e. The van der Waals surface area contributed by atoms with Crippen molar-refractivity contribution in [2.75, 3.05) is 13.7 Å². The van der Waals surface area contributed by atoms with Crippen molar-refractivity contribution in [1.29, 1.82) is 0 Å². The number of aromatic nitrogens is 4. The lowest BCUT2D eigenvalue weighted by Gasteiger charge is -2.20. The Labute approximate surface area is 156 Å². The first-order chi connectivity index (χ1) is 13.1. The summed E-state index contributed by atoms with van der Waals surface area (Å²) < 4.78 is 18.8. The molecule has 2 aromatic carbocycles. The number of ether oxygens (including phenoxy) is 1. The number of carbonyl (C=O) groups is 1. The lowest BCUT2D eigenvalue weighted by Crippen LogP contribution is -2.33. The number of methoxy groups -OCH3 is 1. The number of carbonyl (C=O) groups excluding carboxylic acids is 1. The second kappa shape index (κ2) is 8.39. The van der Waals surface area contributed by atoms with Gasteiger partial charge in [0.25, 0.3) is 0 Å². The van der Waals surface area contributed by atoms with Crippen LogP contribution in [-0.4, -0.2) is 44.7 Å². The molecule has 140 valence electrons. The zero-order valence-electron chi connectivity index (χ0n) is 15.2. The van der Waals surface area contributed by atoms with Crippen LogP contribution in [0.4, 0.5) is 4.39 Å². The van der Waals surface area contributed by atoms with E-state index >= 15 is 0 Å². The van der Waals surface area contributed by atoms with Crippen LogP contribution in [0.1, 0.15) is 12.5 Å². The van der Waals surface area contributed by atoms with E-state index in [4.69, 9.17) is 4.74 Å². The second-order valence-electron chi connectivity index (χ2n) is 5.89. The minimum absolute atomic E-state index is 0.0354. The van der Waals surface area contributed by atoms with E-state index in [1.165, 1.54) is 18.0 Å². The molecule has 0 atom stereocenters. The lowest BCUT2D eigenvalue weighted by atomic mass is 10.2. The molecule has 7 nitrogen and oxygen atoms in total. The molecular formula is C19H20FN5O2. The van der Waals surface area contributed by atoms with Crippen LogP contribution in [0.25, 0.3) is 11.4 Å². The third kappa shape index (κ3) is 4.46. The third-order valence-electron chi connectivity index (χ3n) is 4.09. The van der Waals surface area contributed by atoms with Crippen molar-refractivity contribution < 1.29 is 13.9 Å². The summed E-state index contributed by atoms with van der Waals surface area (Å²) >= 11 is 0. The van der Waals surface area contributed by atoms with E-state index in [9.17, 15) is 9.18 Å². The SMILES string of the molecule is CCN(Cc1ccc(OC)c(F)c1)C(=O)Cn1nnc(-c2ccccc2)n1. The van der Waals surface area contributed by atoms with E-state index < -0.39 is 5.82 Å². The number of halogens is 1. The van der Waals surface area contributed by atoms with Crippen LogP contribution in [0.3, 0.4) is 0 Å². The summed E-state index contributed by atoms with van der Waals surface area (Å²) in [7, 11) is 1.41. The van der Waals surface area contributed by atoms with Crippen molar-refractivity contribution in [2.45, 2.75) is 20.0 Å². The van der Waals surface area contributed by atoms with Gasteiger partial charge in [-0.1, -0.05) is 36.4 Å². The van der Waals surface area contributed by atoms with Crippen molar-refractivity contribution in [1.82, 2.24) is 25.1 Å². The maximum Gasteiger partial charge on any atom is 0.246 e. The first kappa shape index (κ1) is 18.5. The zero-order valence-corrected chi connectivity index (χ0v) is 15.2. The molecular weight excluding hydrogens is 349 g/mol. The second-order valence-corrected chi connectivity index (χ2v) is 5.89. The standard InChI is InChI=1S/C19H20FN5O2/c1-3-24(12-14-9-10-17(27-2)16(20)11-14)18(26)13-25-22-19(21-23-25)15-7-5-4-6-8-15/h4-11H,3,12-13H2,1-2H3. The highest BCUT2D eigenvalue weighted by molar-refractivity contribution is 5.75. The van der Waals surface area contributed by atoms with Gasteiger partial charge >= 0.3 is 0 Å². The van der Waals surface area contributed by atoms with Crippen LogP contribution >= 0.6 is 0 Å². The Bertz CT molecular complexity index is 913. The van der Waals surface area contributed by atoms with Crippen LogP contribution in [0.15, 0.2) is 48.5 Å². The van der Waals surface area contributed by atoms with Gasteiger partial charge in [0.2, 0.25) is 11.7 Å². The van der Waals surface area contributed by atoms with Gasteiger partial charge in [-0.3, -0.25) is 4.79 Å². The molecule has 8 heteroatoms. The Morgan fingerprint density at radius 1 is 1.22 bits per heavy atom. The fourth-order valence-corrected chi connectivity index (χ4v) is 2.64. The highest BCUT2D eigenvalue weighted by Gasteiger charge is 2.16. The first-order valence-corrected chi connectivity index (χ1v) is 8.54. The molecule has 0 unspecified atom stereocenters. The maximum atomic E-state index is 13.9. The number of amides is 1. The smallest absolute Gasteiger partial charge is 0.246 e. The summed E-state index contributed by atoms with van der Waals surface area (Å²) in [6.07, 6.45) is 0. The molecule has 27 heavy (non-hydrogen) atoms. The molecule has 3 aromatic rings. The Hall–Kier alpha value is -3.29. The third-order valence-corrected chi connectivity index (χ3v) is 4.09. The van der Waals surface area contributed by atoms with E-state index in [1.807, 2.05) is 37.3 Å². The molecule has 1 amide bonds. The van der Waals surface area contributed by atoms with Gasteiger partial charge in [0.15, 0.2) is 11.6 Å². The molecule has 0 aliphatic carbocycles. The minimum atomic E-state index is -0.455. The molecule has 3 rings (SSSR count). The average Bonchev–Trinajstić information content (AvgIpc) is 3.15. The first-order valence-electron chi connectivity index (χ1n) is 8.54. The fourth-order valence-electron chi connectivity index (χ4n) is 2.64. The molecule has 0 saturated heterocycles. The van der Waals surface area contributed by atoms with Gasteiger partial charge in [-0.25, -0.2) is 4.39 Å². The molecule has 0 aliphatic rings. The van der Waals surface area contributed by atoms with Gasteiger partial charge in [-0.15, -0.1) is 10.2 Å². The number of likely N-dealkylation sites (N-methyl/N-ethyl adjacent to an activating group) is 1. The number of nitrogens with zero attached hydrogens (tertiary/aromatic N) is 5. The van der Waals surface area contributed by atoms with Gasteiger partial charge in [-0.2, -0.15) is 4.80 Å². The number of hydrogen-bond acceptors (Lipinski definition) is 5. The summed E-state index contributed by atoms with van der Waals surface area (Å²) in [4.78, 5) is 15.5. The van der Waals surface area contributed by atoms with Crippen molar-refractivity contribution in [2.24, 2.45) is 0 Å². The summed E-state index contributed by atoms with van der Waals surface area (Å²) in [6, 6.07) is 14.1. The predicted molar refractivity (Wildman–Crippen MR) is 97.3 cm³/mol. The lowest BCUT2D eigenvalue weighted by molar-refractivity contribution is -0.132. The van der Waals surface area contributed by atoms with Crippen molar-refractivity contribution >= 4 is 5.91 Å². The monoisotopic (exact) mass is 369 g/mol. The van der Waals surface area contributed by atoms with Gasteiger partial charge in [0.1, 0.15) is 6.54 Å². The highest BCUT2D eigenvalue weighted by Crippen LogP contribution is 2.19. The summed E-state index contributed by atoms with van der Waals surface area (Å²) in [5, 5.41) is 12.2. The van der Waals surface area contributed by atoms with E-state index in [0.29, 0.717) is 17.9 Å². The van der Waals surface area contributed by atoms with E-state index in [2.05, 4.69) is 15.4 Å². The molecule has 0 bridgehead atoms. The number of benzene rings is 2. The molecule has 0 saturated carbocycles. The molecule has 0 radical (unpaired) electrons. The molecule has 0 spiro atoms. The molecule has 1 aromatic heterocycles. The molecule has 0 fully saturated rings. The summed E-state index contributed by atoms with van der Waals surface area (Å²) in [6.45, 7) is 2.59. The number of rotatable bonds is 7. The van der Waals surface area contributed by atoms with Crippen molar-refractivity contribution in [3.63, 3.8) is 0 Å². The van der Waals surface area contributed by atoms with Gasteiger partial charge < -0.3 is 9.64 Å². The van der Waals surface area contributed by atoms with Crippen molar-refractivity contribution in [3.05, 3.63) is 59.9 Å². The number of hydrogen-bond donors (Lipinski definition) is 0. The highest BCUT2D eigenvalue weighted by atomic mass is 19.1. The Kier molecular flexibility index (Phi) is 5.75. The summed E-state index contributed by atoms with van der Waals surface area (Å²) in [5.41, 5.74) is 1.51. The van der Waals surface area contributed by atoms with Crippen LogP contribution in [0.2, 0.25) is 0 Å². The van der Waals surface area contributed by atoms with E-state index in [1.54, 1.807) is 17.0 Å². The summed E-state index contributed by atoms with van der Waals surface area (Å²) in [5.74, 6) is 0.00624. The van der Waals surface area contributed by atoms with Crippen LogP contribution in [0, 0.1) is 5.82 Å².